The molecule has 0 aliphatic carbocycles. The highest BCUT2D eigenvalue weighted by atomic mass is 35.5. The quantitative estimate of drug-likeness (QED) is 0.943. The van der Waals surface area contributed by atoms with Crippen molar-refractivity contribution in [1.29, 1.82) is 0 Å². The molecule has 1 atom stereocenters. The summed E-state index contributed by atoms with van der Waals surface area (Å²) in [6, 6.07) is 15.1. The van der Waals surface area contributed by atoms with Gasteiger partial charge in [-0.2, -0.15) is 0 Å². The van der Waals surface area contributed by atoms with Gasteiger partial charge in [-0.1, -0.05) is 42.5 Å². The Morgan fingerprint density at radius 2 is 2.00 bits per heavy atom. The number of benzene rings is 2. The molecule has 0 bridgehead atoms. The van der Waals surface area contributed by atoms with E-state index < -0.39 is 0 Å². The summed E-state index contributed by atoms with van der Waals surface area (Å²) in [7, 11) is 0. The number of aryl methyl sites for hydroxylation is 1. The largest absolute Gasteiger partial charge is 0.337 e. The number of amides is 1. The van der Waals surface area contributed by atoms with Crippen LogP contribution in [0.1, 0.15) is 18.9 Å². The maximum absolute atomic E-state index is 12.3. The lowest BCUT2D eigenvalue weighted by Crippen LogP contribution is -2.52. The lowest BCUT2D eigenvalue weighted by Gasteiger charge is -2.34. The SMILES string of the molecule is C[C@@H]1CNCCN1C(=O)CCc1ccc2ccccc2c1.Cl. The summed E-state index contributed by atoms with van der Waals surface area (Å²) in [5.74, 6) is 0.275. The van der Waals surface area contributed by atoms with Gasteiger partial charge in [-0.05, 0) is 29.7 Å². The molecule has 0 aromatic heterocycles. The molecule has 1 amide bonds. The lowest BCUT2D eigenvalue weighted by atomic mass is 10.0. The first-order valence-electron chi connectivity index (χ1n) is 7.72. The van der Waals surface area contributed by atoms with E-state index >= 15 is 0 Å². The number of fused-ring (bicyclic) bond motifs is 1. The molecule has 0 radical (unpaired) electrons. The molecule has 4 heteroatoms. The normalized spacial score (nSPS) is 18.0. The molecule has 3 rings (SSSR count). The summed E-state index contributed by atoms with van der Waals surface area (Å²) < 4.78 is 0. The van der Waals surface area contributed by atoms with E-state index in [2.05, 4.69) is 54.7 Å². The van der Waals surface area contributed by atoms with E-state index in [-0.39, 0.29) is 18.3 Å². The second-order valence-electron chi connectivity index (χ2n) is 5.82. The average molecular weight is 319 g/mol. The van der Waals surface area contributed by atoms with Crippen LogP contribution >= 0.6 is 12.4 Å². The Morgan fingerprint density at radius 3 is 2.77 bits per heavy atom. The van der Waals surface area contributed by atoms with Crippen molar-refractivity contribution in [1.82, 2.24) is 10.2 Å². The molecule has 2 aromatic rings. The minimum Gasteiger partial charge on any atom is -0.337 e. The van der Waals surface area contributed by atoms with Gasteiger partial charge in [0.25, 0.3) is 0 Å². The number of nitrogens with one attached hydrogen (secondary N) is 1. The van der Waals surface area contributed by atoms with Crippen molar-refractivity contribution in [2.45, 2.75) is 25.8 Å². The van der Waals surface area contributed by atoms with Crippen LogP contribution < -0.4 is 5.32 Å². The van der Waals surface area contributed by atoms with E-state index in [1.165, 1.54) is 16.3 Å². The zero-order valence-electron chi connectivity index (χ0n) is 12.9. The van der Waals surface area contributed by atoms with Crippen molar-refractivity contribution in [3.63, 3.8) is 0 Å². The molecule has 22 heavy (non-hydrogen) atoms. The van der Waals surface area contributed by atoms with Gasteiger partial charge in [0.2, 0.25) is 5.91 Å². The number of carbonyl (C=O) groups excluding carboxylic acids is 1. The third kappa shape index (κ3) is 3.79. The second kappa shape index (κ2) is 7.61. The molecule has 1 aliphatic heterocycles. The molecule has 0 saturated carbocycles. The maximum atomic E-state index is 12.3. The van der Waals surface area contributed by atoms with Crippen LogP contribution in [-0.4, -0.2) is 36.5 Å². The fourth-order valence-corrected chi connectivity index (χ4v) is 3.00. The monoisotopic (exact) mass is 318 g/mol. The molecule has 1 N–H and O–H groups in total. The van der Waals surface area contributed by atoms with Crippen molar-refractivity contribution in [3.05, 3.63) is 48.0 Å². The van der Waals surface area contributed by atoms with Gasteiger partial charge >= 0.3 is 0 Å². The minimum absolute atomic E-state index is 0. The summed E-state index contributed by atoms with van der Waals surface area (Å²) in [4.78, 5) is 14.4. The summed E-state index contributed by atoms with van der Waals surface area (Å²) in [6.45, 7) is 4.76. The van der Waals surface area contributed by atoms with Crippen LogP contribution in [0.3, 0.4) is 0 Å². The van der Waals surface area contributed by atoms with Crippen molar-refractivity contribution in [2.24, 2.45) is 0 Å². The Morgan fingerprint density at radius 1 is 1.23 bits per heavy atom. The molecule has 1 aliphatic rings. The van der Waals surface area contributed by atoms with Crippen LogP contribution in [0.15, 0.2) is 42.5 Å². The highest BCUT2D eigenvalue weighted by molar-refractivity contribution is 5.85. The summed E-state index contributed by atoms with van der Waals surface area (Å²) >= 11 is 0. The molecule has 3 nitrogen and oxygen atoms in total. The maximum Gasteiger partial charge on any atom is 0.223 e. The fraction of sp³-hybridized carbons (Fsp3) is 0.389. The van der Waals surface area contributed by atoms with Crippen molar-refractivity contribution >= 4 is 29.1 Å². The van der Waals surface area contributed by atoms with E-state index in [0.29, 0.717) is 12.5 Å². The topological polar surface area (TPSA) is 32.3 Å². The van der Waals surface area contributed by atoms with Crippen molar-refractivity contribution < 1.29 is 4.79 Å². The van der Waals surface area contributed by atoms with Crippen LogP contribution in [0, 0.1) is 0 Å². The van der Waals surface area contributed by atoms with Gasteiger partial charge in [-0.15, -0.1) is 12.4 Å². The molecule has 1 heterocycles. The van der Waals surface area contributed by atoms with Gasteiger partial charge in [0, 0.05) is 32.1 Å². The molecular formula is C18H23ClN2O. The lowest BCUT2D eigenvalue weighted by molar-refractivity contribution is -0.133. The molecular weight excluding hydrogens is 296 g/mol. The van der Waals surface area contributed by atoms with Gasteiger partial charge in [0.05, 0.1) is 0 Å². The van der Waals surface area contributed by atoms with Crippen LogP contribution in [0.4, 0.5) is 0 Å². The summed E-state index contributed by atoms with van der Waals surface area (Å²) in [5.41, 5.74) is 1.24. The molecule has 2 aromatic carbocycles. The minimum atomic E-state index is 0. The first kappa shape index (κ1) is 16.8. The summed E-state index contributed by atoms with van der Waals surface area (Å²) in [5, 5.41) is 5.82. The number of nitrogens with zero attached hydrogens (tertiary/aromatic N) is 1. The molecule has 118 valence electrons. The molecule has 0 unspecified atom stereocenters. The Labute approximate surface area is 138 Å². The molecule has 1 fully saturated rings. The Balaban J connectivity index is 0.00000176. The number of rotatable bonds is 3. The van der Waals surface area contributed by atoms with E-state index in [1.807, 2.05) is 4.90 Å². The Kier molecular flexibility index (Phi) is 5.81. The van der Waals surface area contributed by atoms with Gasteiger partial charge < -0.3 is 10.2 Å². The van der Waals surface area contributed by atoms with Crippen molar-refractivity contribution in [3.8, 4) is 0 Å². The van der Waals surface area contributed by atoms with Gasteiger partial charge in [-0.3, -0.25) is 4.79 Å². The predicted molar refractivity (Wildman–Crippen MR) is 93.6 cm³/mol. The van der Waals surface area contributed by atoms with Crippen LogP contribution in [0.5, 0.6) is 0 Å². The smallest absolute Gasteiger partial charge is 0.223 e. The third-order valence-electron chi connectivity index (χ3n) is 4.26. The van der Waals surface area contributed by atoms with Gasteiger partial charge in [0.15, 0.2) is 0 Å². The number of halogens is 1. The highest BCUT2D eigenvalue weighted by Crippen LogP contribution is 2.17. The molecule has 0 spiro atoms. The van der Waals surface area contributed by atoms with Gasteiger partial charge in [-0.25, -0.2) is 0 Å². The first-order valence-corrected chi connectivity index (χ1v) is 7.72. The van der Waals surface area contributed by atoms with Crippen LogP contribution in [-0.2, 0) is 11.2 Å². The van der Waals surface area contributed by atoms with E-state index in [1.54, 1.807) is 0 Å². The zero-order valence-corrected chi connectivity index (χ0v) is 13.7. The third-order valence-corrected chi connectivity index (χ3v) is 4.26. The van der Waals surface area contributed by atoms with E-state index in [4.69, 9.17) is 0 Å². The van der Waals surface area contributed by atoms with Gasteiger partial charge in [0.1, 0.15) is 0 Å². The van der Waals surface area contributed by atoms with Crippen LogP contribution in [0.25, 0.3) is 10.8 Å². The Hall–Kier alpha value is -1.58. The molecule has 1 saturated heterocycles. The standard InChI is InChI=1S/C18H22N2O.ClH/c1-14-13-19-10-11-20(14)18(21)9-7-15-6-8-16-4-2-3-5-17(16)12-15;/h2-6,8,12,14,19H,7,9-11,13H2,1H3;1H/t14-;/m1./s1. The Bertz CT molecular complexity index is 644. The first-order chi connectivity index (χ1) is 10.2. The summed E-state index contributed by atoms with van der Waals surface area (Å²) in [6.07, 6.45) is 1.42. The fourth-order valence-electron chi connectivity index (χ4n) is 3.00. The highest BCUT2D eigenvalue weighted by Gasteiger charge is 2.22. The average Bonchev–Trinajstić information content (AvgIpc) is 2.53. The van der Waals surface area contributed by atoms with E-state index in [9.17, 15) is 4.79 Å². The second-order valence-corrected chi connectivity index (χ2v) is 5.82. The van der Waals surface area contributed by atoms with E-state index in [0.717, 1.165) is 26.1 Å². The predicted octanol–water partition coefficient (Wildman–Crippen LogP) is 3.01. The zero-order chi connectivity index (χ0) is 14.7. The van der Waals surface area contributed by atoms with Crippen molar-refractivity contribution in [2.75, 3.05) is 19.6 Å². The number of carbonyl (C=O) groups is 1. The number of hydrogen-bond acceptors (Lipinski definition) is 2. The number of piperazine rings is 1. The number of hydrogen-bond donors (Lipinski definition) is 1. The van der Waals surface area contributed by atoms with Crippen LogP contribution in [0.2, 0.25) is 0 Å².